The molecule has 0 atom stereocenters. The van der Waals surface area contributed by atoms with E-state index in [0.29, 0.717) is 19.3 Å². The molecule has 0 bridgehead atoms. The molecule has 0 N–H and O–H groups in total. The maximum Gasteiger partial charge on any atom is 0.500 e. The largest absolute Gasteiger partial charge is 0.500 e. The van der Waals surface area contributed by atoms with E-state index in [1.54, 1.807) is 21.3 Å². The van der Waals surface area contributed by atoms with E-state index in [-0.39, 0.29) is 0 Å². The van der Waals surface area contributed by atoms with Crippen molar-refractivity contribution in [3.8, 4) is 11.5 Å². The topological polar surface area (TPSA) is 55.4 Å². The van der Waals surface area contributed by atoms with E-state index in [4.69, 9.17) is 27.5 Å². The van der Waals surface area contributed by atoms with Crippen molar-refractivity contribution < 1.29 is 27.5 Å². The van der Waals surface area contributed by atoms with Crippen molar-refractivity contribution in [2.45, 2.75) is 24.9 Å². The van der Waals surface area contributed by atoms with Crippen molar-refractivity contribution in [2.24, 2.45) is 0 Å². The molecule has 0 radical (unpaired) electrons. The van der Waals surface area contributed by atoms with Crippen molar-refractivity contribution in [3.05, 3.63) is 95.6 Å². The number of ether oxygens (including phenoxy) is 3. The van der Waals surface area contributed by atoms with E-state index < -0.39 is 14.6 Å². The van der Waals surface area contributed by atoms with Gasteiger partial charge in [-0.25, -0.2) is 0 Å². The highest BCUT2D eigenvalue weighted by Gasteiger charge is 2.41. The molecule has 1 aliphatic heterocycles. The third-order valence-electron chi connectivity index (χ3n) is 5.85. The molecule has 174 valence electrons. The summed E-state index contributed by atoms with van der Waals surface area (Å²) in [5, 5.41) is 0. The molecule has 1 heterocycles. The molecular formula is C26H30O6Si. The normalized spacial score (nSPS) is 14.9. The zero-order valence-corrected chi connectivity index (χ0v) is 20.3. The minimum absolute atomic E-state index is 0.406. The Morgan fingerprint density at radius 2 is 1.42 bits per heavy atom. The van der Waals surface area contributed by atoms with Crippen LogP contribution in [-0.4, -0.2) is 36.7 Å². The highest BCUT2D eigenvalue weighted by molar-refractivity contribution is 6.60. The third kappa shape index (κ3) is 4.97. The summed E-state index contributed by atoms with van der Waals surface area (Å²) >= 11 is 0. The lowest BCUT2D eigenvalue weighted by atomic mass is 9.95. The quantitative estimate of drug-likeness (QED) is 0.304. The molecule has 33 heavy (non-hydrogen) atoms. The molecule has 4 rings (SSSR count). The lowest BCUT2D eigenvalue weighted by Crippen LogP contribution is -2.42. The lowest BCUT2D eigenvalue weighted by molar-refractivity contribution is -0.184. The van der Waals surface area contributed by atoms with E-state index in [2.05, 4.69) is 0 Å². The molecule has 0 spiro atoms. The van der Waals surface area contributed by atoms with Gasteiger partial charge in [-0.05, 0) is 24.6 Å². The summed E-state index contributed by atoms with van der Waals surface area (Å²) in [5.41, 5.74) is 2.85. The van der Waals surface area contributed by atoms with E-state index in [0.717, 1.165) is 34.6 Å². The summed E-state index contributed by atoms with van der Waals surface area (Å²) < 4.78 is 35.3. The van der Waals surface area contributed by atoms with Gasteiger partial charge in [0.25, 0.3) is 5.79 Å². The zero-order valence-electron chi connectivity index (χ0n) is 19.3. The Kier molecular flexibility index (Phi) is 7.47. The molecule has 6 nitrogen and oxygen atoms in total. The van der Waals surface area contributed by atoms with Crippen LogP contribution in [0.2, 0.25) is 6.04 Å². The van der Waals surface area contributed by atoms with E-state index in [1.165, 1.54) is 0 Å². The Morgan fingerprint density at radius 1 is 0.818 bits per heavy atom. The van der Waals surface area contributed by atoms with Gasteiger partial charge in [0, 0.05) is 44.1 Å². The van der Waals surface area contributed by atoms with Crippen LogP contribution in [0, 0.1) is 0 Å². The third-order valence-corrected chi connectivity index (χ3v) is 8.69. The monoisotopic (exact) mass is 466 g/mol. The fraction of sp³-hybridized carbons (Fsp3) is 0.308. The predicted molar refractivity (Wildman–Crippen MR) is 127 cm³/mol. The molecule has 0 aromatic heterocycles. The Labute approximate surface area is 196 Å². The molecule has 0 amide bonds. The Hall–Kier alpha value is -2.68. The number of hydrogen-bond acceptors (Lipinski definition) is 6. The van der Waals surface area contributed by atoms with Crippen LogP contribution in [0.15, 0.2) is 78.9 Å². The second kappa shape index (κ2) is 10.5. The Balaban J connectivity index is 1.48. The SMILES string of the molecule is CO[Si](CCCOc1ccc2c(c1)COC(c1ccccc1)(c1ccccc1)O2)(OC)OC. The van der Waals surface area contributed by atoms with E-state index >= 15 is 0 Å². The predicted octanol–water partition coefficient (Wildman–Crippen LogP) is 5.14. The van der Waals surface area contributed by atoms with E-state index in [9.17, 15) is 0 Å². The maximum atomic E-state index is 6.54. The van der Waals surface area contributed by atoms with E-state index in [1.807, 2.05) is 78.9 Å². The van der Waals surface area contributed by atoms with Crippen LogP contribution in [0.5, 0.6) is 11.5 Å². The van der Waals surface area contributed by atoms with Crippen molar-refractivity contribution in [2.75, 3.05) is 27.9 Å². The summed E-state index contributed by atoms with van der Waals surface area (Å²) in [7, 11) is 2.28. The summed E-state index contributed by atoms with van der Waals surface area (Å²) in [6, 6.07) is 26.6. The number of benzene rings is 3. The zero-order chi connectivity index (χ0) is 23.2. The minimum Gasteiger partial charge on any atom is -0.494 e. The Bertz CT molecular complexity index is 976. The average Bonchev–Trinajstić information content (AvgIpc) is 2.90. The summed E-state index contributed by atoms with van der Waals surface area (Å²) in [4.78, 5) is 0. The van der Waals surface area contributed by atoms with Crippen LogP contribution >= 0.6 is 0 Å². The van der Waals surface area contributed by atoms with Gasteiger partial charge in [-0.3, -0.25) is 0 Å². The maximum absolute atomic E-state index is 6.54. The number of hydrogen-bond donors (Lipinski definition) is 0. The summed E-state index contributed by atoms with van der Waals surface area (Å²) in [6.45, 7) is 0.937. The van der Waals surface area contributed by atoms with Crippen LogP contribution < -0.4 is 9.47 Å². The molecule has 3 aromatic carbocycles. The fourth-order valence-electron chi connectivity index (χ4n) is 4.02. The molecule has 0 unspecified atom stereocenters. The van der Waals surface area contributed by atoms with Crippen molar-refractivity contribution >= 4 is 8.80 Å². The van der Waals surface area contributed by atoms with Gasteiger partial charge >= 0.3 is 8.80 Å². The molecule has 0 saturated carbocycles. The average molecular weight is 467 g/mol. The van der Waals surface area contributed by atoms with Gasteiger partial charge in [-0.15, -0.1) is 0 Å². The summed E-state index contributed by atoms with van der Waals surface area (Å²) in [6.07, 6.45) is 0.761. The first-order chi connectivity index (χ1) is 16.1. The van der Waals surface area contributed by atoms with Gasteiger partial charge < -0.3 is 27.5 Å². The first kappa shape index (κ1) is 23.5. The number of fused-ring (bicyclic) bond motifs is 1. The highest BCUT2D eigenvalue weighted by atomic mass is 28.4. The van der Waals surface area contributed by atoms with Gasteiger partial charge in [-0.1, -0.05) is 60.7 Å². The Morgan fingerprint density at radius 3 is 2.00 bits per heavy atom. The van der Waals surface area contributed by atoms with Crippen LogP contribution in [0.25, 0.3) is 0 Å². The molecule has 0 aliphatic carbocycles. The van der Waals surface area contributed by atoms with Gasteiger partial charge in [-0.2, -0.15) is 0 Å². The van der Waals surface area contributed by atoms with Gasteiger partial charge in [0.05, 0.1) is 13.2 Å². The first-order valence-electron chi connectivity index (χ1n) is 11.0. The van der Waals surface area contributed by atoms with Crippen LogP contribution in [0.1, 0.15) is 23.1 Å². The first-order valence-corrected chi connectivity index (χ1v) is 12.9. The fourth-order valence-corrected chi connectivity index (χ4v) is 5.71. The molecule has 7 heteroatoms. The van der Waals surface area contributed by atoms with Crippen molar-refractivity contribution in [1.29, 1.82) is 0 Å². The lowest BCUT2D eigenvalue weighted by Gasteiger charge is -2.39. The van der Waals surface area contributed by atoms with Crippen molar-refractivity contribution in [3.63, 3.8) is 0 Å². The van der Waals surface area contributed by atoms with Gasteiger partial charge in [0.2, 0.25) is 0 Å². The number of rotatable bonds is 10. The van der Waals surface area contributed by atoms with Crippen molar-refractivity contribution in [1.82, 2.24) is 0 Å². The molecule has 0 fully saturated rings. The van der Waals surface area contributed by atoms with Gasteiger partial charge in [0.15, 0.2) is 0 Å². The van der Waals surface area contributed by atoms with Crippen LogP contribution in [-0.2, 0) is 30.4 Å². The second-order valence-electron chi connectivity index (χ2n) is 7.76. The van der Waals surface area contributed by atoms with Crippen LogP contribution in [0.3, 0.4) is 0 Å². The minimum atomic E-state index is -2.58. The highest BCUT2D eigenvalue weighted by Crippen LogP contribution is 2.43. The van der Waals surface area contributed by atoms with Gasteiger partial charge in [0.1, 0.15) is 11.5 Å². The molecule has 3 aromatic rings. The summed E-state index contributed by atoms with van der Waals surface area (Å²) in [5.74, 6) is 0.560. The molecule has 1 aliphatic rings. The molecule has 0 saturated heterocycles. The standard InChI is InChI=1S/C26H30O6Si/c1-27-33(28-2,29-3)18-10-17-30-24-15-16-25-21(19-24)20-31-26(32-25,22-11-6-4-7-12-22)23-13-8-5-9-14-23/h4-9,11-16,19H,10,17-18,20H2,1-3H3. The second-order valence-corrected chi connectivity index (χ2v) is 10.8. The smallest absolute Gasteiger partial charge is 0.494 e. The molecular weight excluding hydrogens is 436 g/mol. The van der Waals surface area contributed by atoms with Crippen LogP contribution in [0.4, 0.5) is 0 Å².